The highest BCUT2D eigenvalue weighted by molar-refractivity contribution is 5.85. The molecule has 2 rings (SSSR count). The minimum absolute atomic E-state index is 0.0478. The number of halogens is 1. The zero-order valence-electron chi connectivity index (χ0n) is 11.5. The van der Waals surface area contributed by atoms with Crippen molar-refractivity contribution in [2.45, 2.75) is 0 Å². The number of likely N-dealkylation sites (tertiary alicyclic amines) is 1. The Balaban J connectivity index is 1.73. The molecule has 1 aromatic rings. The quantitative estimate of drug-likeness (QED) is 0.795. The molecule has 0 atom stereocenters. The summed E-state index contributed by atoms with van der Waals surface area (Å²) in [6.45, 7) is 4.42. The van der Waals surface area contributed by atoms with E-state index in [1.165, 1.54) is 17.0 Å². The van der Waals surface area contributed by atoms with Crippen LogP contribution in [0.2, 0.25) is 0 Å². The monoisotopic (exact) mass is 292 g/mol. The van der Waals surface area contributed by atoms with Crippen LogP contribution >= 0.6 is 0 Å². The van der Waals surface area contributed by atoms with Crippen LogP contribution in [0, 0.1) is 11.7 Å². The second-order valence-electron chi connectivity index (χ2n) is 4.75. The van der Waals surface area contributed by atoms with Crippen LogP contribution in [0.25, 0.3) is 0 Å². The lowest BCUT2D eigenvalue weighted by Crippen LogP contribution is -2.56. The number of hydrogen-bond donors (Lipinski definition) is 1. The number of ether oxygens (including phenoxy) is 1. The minimum Gasteiger partial charge on any atom is -0.481 e. The van der Waals surface area contributed by atoms with E-state index in [1.54, 1.807) is 18.2 Å². The number of carbonyl (C=O) groups is 2. The van der Waals surface area contributed by atoms with Gasteiger partial charge in [0.15, 0.2) is 18.2 Å². The standard InChI is InChI=1S/C15H17FN2O3/c1-2-7-17-15(20)11-8-18(9-11)14(19)10-21-13-6-4-3-5-12(13)16/h2-6,11H,1,7-10H2,(H,17,20). The van der Waals surface area contributed by atoms with E-state index in [9.17, 15) is 14.0 Å². The molecule has 0 radical (unpaired) electrons. The molecule has 1 saturated heterocycles. The highest BCUT2D eigenvalue weighted by atomic mass is 19.1. The number of benzene rings is 1. The fraction of sp³-hybridized carbons (Fsp3) is 0.333. The first kappa shape index (κ1) is 15.0. The van der Waals surface area contributed by atoms with Crippen LogP contribution in [0.3, 0.4) is 0 Å². The number of amides is 2. The van der Waals surface area contributed by atoms with Gasteiger partial charge >= 0.3 is 0 Å². The van der Waals surface area contributed by atoms with Gasteiger partial charge in [-0.05, 0) is 12.1 Å². The first-order chi connectivity index (χ1) is 10.1. The topological polar surface area (TPSA) is 58.6 Å². The molecular formula is C15H17FN2O3. The second-order valence-corrected chi connectivity index (χ2v) is 4.75. The minimum atomic E-state index is -0.504. The molecule has 1 fully saturated rings. The van der Waals surface area contributed by atoms with Gasteiger partial charge in [0.25, 0.3) is 5.91 Å². The van der Waals surface area contributed by atoms with Crippen LogP contribution in [0.5, 0.6) is 5.75 Å². The van der Waals surface area contributed by atoms with E-state index in [4.69, 9.17) is 4.74 Å². The second kappa shape index (κ2) is 6.88. The molecule has 0 spiro atoms. The highest BCUT2D eigenvalue weighted by Gasteiger charge is 2.35. The van der Waals surface area contributed by atoms with Gasteiger partial charge in [-0.2, -0.15) is 0 Å². The lowest BCUT2D eigenvalue weighted by Gasteiger charge is -2.38. The molecule has 1 heterocycles. The van der Waals surface area contributed by atoms with Gasteiger partial charge in [0, 0.05) is 19.6 Å². The van der Waals surface area contributed by atoms with E-state index in [2.05, 4.69) is 11.9 Å². The van der Waals surface area contributed by atoms with Crippen molar-refractivity contribution in [1.29, 1.82) is 0 Å². The third-order valence-corrected chi connectivity index (χ3v) is 3.21. The number of hydrogen-bond acceptors (Lipinski definition) is 3. The summed E-state index contributed by atoms with van der Waals surface area (Å²) >= 11 is 0. The summed E-state index contributed by atoms with van der Waals surface area (Å²) in [5.41, 5.74) is 0. The Morgan fingerprint density at radius 2 is 2.14 bits per heavy atom. The number of rotatable bonds is 6. The van der Waals surface area contributed by atoms with E-state index < -0.39 is 5.82 Å². The van der Waals surface area contributed by atoms with Crippen molar-refractivity contribution in [3.05, 3.63) is 42.7 Å². The van der Waals surface area contributed by atoms with Crippen LogP contribution in [0.4, 0.5) is 4.39 Å². The molecule has 0 aromatic heterocycles. The summed E-state index contributed by atoms with van der Waals surface area (Å²) in [6, 6.07) is 5.91. The van der Waals surface area contributed by atoms with E-state index in [1.807, 2.05) is 0 Å². The third kappa shape index (κ3) is 3.81. The number of nitrogens with one attached hydrogen (secondary N) is 1. The molecule has 6 heteroatoms. The van der Waals surface area contributed by atoms with E-state index >= 15 is 0 Å². The van der Waals surface area contributed by atoms with Crippen molar-refractivity contribution in [3.8, 4) is 5.75 Å². The van der Waals surface area contributed by atoms with E-state index in [-0.39, 0.29) is 30.1 Å². The predicted molar refractivity (Wildman–Crippen MR) is 75.2 cm³/mol. The SMILES string of the molecule is C=CCNC(=O)C1CN(C(=O)COc2ccccc2F)C1. The Morgan fingerprint density at radius 1 is 1.43 bits per heavy atom. The summed E-state index contributed by atoms with van der Waals surface area (Å²) in [5.74, 6) is -0.996. The summed E-state index contributed by atoms with van der Waals surface area (Å²) in [6.07, 6.45) is 1.60. The number of carbonyl (C=O) groups excluding carboxylic acids is 2. The maximum atomic E-state index is 13.3. The smallest absolute Gasteiger partial charge is 0.260 e. The van der Waals surface area contributed by atoms with Gasteiger partial charge in [0.2, 0.25) is 5.91 Å². The summed E-state index contributed by atoms with van der Waals surface area (Å²) < 4.78 is 18.4. The van der Waals surface area contributed by atoms with Gasteiger partial charge in [-0.25, -0.2) is 4.39 Å². The van der Waals surface area contributed by atoms with Crippen molar-refractivity contribution >= 4 is 11.8 Å². The molecule has 1 aliphatic heterocycles. The first-order valence-corrected chi connectivity index (χ1v) is 6.65. The first-order valence-electron chi connectivity index (χ1n) is 6.65. The van der Waals surface area contributed by atoms with Gasteiger partial charge in [-0.1, -0.05) is 18.2 Å². The number of para-hydroxylation sites is 1. The molecule has 21 heavy (non-hydrogen) atoms. The average molecular weight is 292 g/mol. The fourth-order valence-electron chi connectivity index (χ4n) is 1.96. The Morgan fingerprint density at radius 3 is 2.81 bits per heavy atom. The molecule has 1 aliphatic rings. The Bertz CT molecular complexity index is 541. The zero-order valence-corrected chi connectivity index (χ0v) is 11.5. The van der Waals surface area contributed by atoms with Gasteiger partial charge in [0.1, 0.15) is 0 Å². The Kier molecular flexibility index (Phi) is 4.92. The third-order valence-electron chi connectivity index (χ3n) is 3.21. The molecule has 0 bridgehead atoms. The lowest BCUT2D eigenvalue weighted by atomic mass is 9.99. The predicted octanol–water partition coefficient (Wildman–Crippen LogP) is 0.965. The van der Waals surface area contributed by atoms with E-state index in [0.717, 1.165) is 0 Å². The normalized spacial score (nSPS) is 14.2. The van der Waals surface area contributed by atoms with Crippen molar-refractivity contribution in [2.24, 2.45) is 5.92 Å². The average Bonchev–Trinajstić information content (AvgIpc) is 2.42. The molecule has 112 valence electrons. The van der Waals surface area contributed by atoms with Crippen LogP contribution in [-0.4, -0.2) is 43.0 Å². The van der Waals surface area contributed by atoms with Gasteiger partial charge in [0.05, 0.1) is 5.92 Å². The molecule has 0 saturated carbocycles. The molecule has 0 aliphatic carbocycles. The van der Waals surface area contributed by atoms with Crippen LogP contribution in [0.1, 0.15) is 0 Å². The van der Waals surface area contributed by atoms with Crippen molar-refractivity contribution < 1.29 is 18.7 Å². The van der Waals surface area contributed by atoms with Crippen LogP contribution in [-0.2, 0) is 9.59 Å². The van der Waals surface area contributed by atoms with Crippen LogP contribution < -0.4 is 10.1 Å². The number of nitrogens with zero attached hydrogens (tertiary/aromatic N) is 1. The zero-order chi connectivity index (χ0) is 15.2. The van der Waals surface area contributed by atoms with Gasteiger partial charge in [-0.15, -0.1) is 6.58 Å². The molecule has 0 unspecified atom stereocenters. The van der Waals surface area contributed by atoms with Crippen molar-refractivity contribution in [3.63, 3.8) is 0 Å². The Labute approximate surface area is 122 Å². The van der Waals surface area contributed by atoms with Crippen LogP contribution in [0.15, 0.2) is 36.9 Å². The molecule has 1 aromatic carbocycles. The van der Waals surface area contributed by atoms with Gasteiger partial charge < -0.3 is 15.0 Å². The largest absolute Gasteiger partial charge is 0.481 e. The van der Waals surface area contributed by atoms with Crippen molar-refractivity contribution in [2.75, 3.05) is 26.2 Å². The molecule has 1 N–H and O–H groups in total. The van der Waals surface area contributed by atoms with Gasteiger partial charge in [-0.3, -0.25) is 9.59 Å². The van der Waals surface area contributed by atoms with E-state index in [0.29, 0.717) is 19.6 Å². The maximum absolute atomic E-state index is 13.3. The summed E-state index contributed by atoms with van der Waals surface area (Å²) in [5, 5.41) is 2.68. The summed E-state index contributed by atoms with van der Waals surface area (Å²) in [7, 11) is 0. The van der Waals surface area contributed by atoms with Crippen molar-refractivity contribution in [1.82, 2.24) is 10.2 Å². The molecular weight excluding hydrogens is 275 g/mol. The fourth-order valence-corrected chi connectivity index (χ4v) is 1.96. The molecule has 5 nitrogen and oxygen atoms in total. The lowest BCUT2D eigenvalue weighted by molar-refractivity contribution is -0.144. The molecule has 2 amide bonds. The highest BCUT2D eigenvalue weighted by Crippen LogP contribution is 2.18. The maximum Gasteiger partial charge on any atom is 0.260 e. The summed E-state index contributed by atoms with van der Waals surface area (Å²) in [4.78, 5) is 24.9. The Hall–Kier alpha value is -2.37.